The zero-order chi connectivity index (χ0) is 21.1. The maximum Gasteiger partial charge on any atom is 0.340 e. The first-order valence-corrected chi connectivity index (χ1v) is 9.41. The van der Waals surface area contributed by atoms with Gasteiger partial charge in [0.2, 0.25) is 11.8 Å². The lowest BCUT2D eigenvalue weighted by Gasteiger charge is -2.24. The molecule has 0 aliphatic heterocycles. The van der Waals surface area contributed by atoms with Gasteiger partial charge in [0, 0.05) is 25.9 Å². The molecule has 0 radical (unpaired) electrons. The quantitative estimate of drug-likeness (QED) is 0.682. The number of anilines is 1. The zero-order valence-electron chi connectivity index (χ0n) is 16.0. The smallest absolute Gasteiger partial charge is 0.340 e. The molecule has 0 N–H and O–H groups in total. The fourth-order valence-electron chi connectivity index (χ4n) is 2.30. The van der Waals surface area contributed by atoms with E-state index in [0.29, 0.717) is 10.00 Å². The van der Waals surface area contributed by atoms with E-state index in [-0.39, 0.29) is 22.3 Å². The molecule has 0 aliphatic rings. The van der Waals surface area contributed by atoms with Gasteiger partial charge in [-0.3, -0.25) is 4.90 Å². The third-order valence-electron chi connectivity index (χ3n) is 3.82. The van der Waals surface area contributed by atoms with Gasteiger partial charge in [0.05, 0.1) is 19.8 Å². The number of nitrogens with zero attached hydrogens (tertiary/aromatic N) is 4. The minimum absolute atomic E-state index is 0.0369. The predicted molar refractivity (Wildman–Crippen MR) is 99.9 cm³/mol. The summed E-state index contributed by atoms with van der Waals surface area (Å²) in [5, 5.41) is 0. The van der Waals surface area contributed by atoms with Gasteiger partial charge in [-0.25, -0.2) is 27.3 Å². The number of esters is 1. The molecule has 0 saturated heterocycles. The van der Waals surface area contributed by atoms with E-state index in [9.17, 15) is 18.0 Å². The largest absolute Gasteiger partial charge is 0.481 e. The summed E-state index contributed by atoms with van der Waals surface area (Å²) < 4.78 is 36.1. The van der Waals surface area contributed by atoms with Crippen molar-refractivity contribution in [1.29, 1.82) is 0 Å². The van der Waals surface area contributed by atoms with E-state index < -0.39 is 22.0 Å². The standard InChI is InChI=1S/C17H20N4O6S/c1-11-10-14(26-4)19-16(18-11)20(2)17(23)21(3)28(24,25)13-9-7-6-8-12(13)15(22)27-5/h6-10H,1-5H3. The van der Waals surface area contributed by atoms with E-state index in [0.717, 1.165) is 19.1 Å². The van der Waals surface area contributed by atoms with Crippen molar-refractivity contribution in [1.82, 2.24) is 14.3 Å². The van der Waals surface area contributed by atoms with Crippen LogP contribution in [0.25, 0.3) is 0 Å². The molecule has 0 saturated carbocycles. The summed E-state index contributed by atoms with van der Waals surface area (Å²) in [4.78, 5) is 33.4. The molecule has 0 bridgehead atoms. The average Bonchev–Trinajstić information content (AvgIpc) is 2.70. The number of sulfonamides is 1. The summed E-state index contributed by atoms with van der Waals surface area (Å²) in [7, 11) is 0.605. The summed E-state index contributed by atoms with van der Waals surface area (Å²) in [5.74, 6) is -0.644. The van der Waals surface area contributed by atoms with Crippen molar-refractivity contribution in [2.45, 2.75) is 11.8 Å². The van der Waals surface area contributed by atoms with Gasteiger partial charge >= 0.3 is 12.0 Å². The van der Waals surface area contributed by atoms with Crippen molar-refractivity contribution in [3.8, 4) is 5.88 Å². The topological polar surface area (TPSA) is 119 Å². The molecule has 2 rings (SSSR count). The van der Waals surface area contributed by atoms with Crippen LogP contribution in [0.3, 0.4) is 0 Å². The van der Waals surface area contributed by atoms with Crippen LogP contribution in [0.15, 0.2) is 35.2 Å². The van der Waals surface area contributed by atoms with Gasteiger partial charge in [-0.05, 0) is 19.1 Å². The monoisotopic (exact) mass is 408 g/mol. The van der Waals surface area contributed by atoms with Crippen molar-refractivity contribution >= 4 is 28.0 Å². The van der Waals surface area contributed by atoms with Crippen LogP contribution in [0.2, 0.25) is 0 Å². The number of methoxy groups -OCH3 is 2. The maximum absolute atomic E-state index is 12.9. The third kappa shape index (κ3) is 4.03. The van der Waals surface area contributed by atoms with Crippen molar-refractivity contribution in [3.63, 3.8) is 0 Å². The first-order valence-electron chi connectivity index (χ1n) is 7.97. The Kier molecular flexibility index (Phi) is 6.19. The first kappa shape index (κ1) is 21.1. The van der Waals surface area contributed by atoms with E-state index in [2.05, 4.69) is 14.7 Å². The Hall–Kier alpha value is -3.21. The molecule has 150 valence electrons. The molecule has 0 unspecified atom stereocenters. The van der Waals surface area contributed by atoms with Crippen LogP contribution < -0.4 is 9.64 Å². The Bertz CT molecular complexity index is 1010. The average molecular weight is 408 g/mol. The fraction of sp³-hybridized carbons (Fsp3) is 0.294. The van der Waals surface area contributed by atoms with Crippen molar-refractivity contribution < 1.29 is 27.5 Å². The number of carbonyl (C=O) groups excluding carboxylic acids is 2. The molecule has 0 fully saturated rings. The lowest BCUT2D eigenvalue weighted by atomic mass is 10.2. The van der Waals surface area contributed by atoms with Gasteiger partial charge in [0.1, 0.15) is 4.90 Å². The Morgan fingerprint density at radius 1 is 1.07 bits per heavy atom. The number of carbonyl (C=O) groups is 2. The normalized spacial score (nSPS) is 10.9. The third-order valence-corrected chi connectivity index (χ3v) is 5.60. The Morgan fingerprint density at radius 3 is 2.32 bits per heavy atom. The molecule has 2 aromatic rings. The van der Waals surface area contributed by atoms with Gasteiger partial charge < -0.3 is 9.47 Å². The number of benzene rings is 1. The maximum atomic E-state index is 12.9. The Labute approximate surface area is 162 Å². The van der Waals surface area contributed by atoms with Crippen molar-refractivity contribution in [2.75, 3.05) is 33.2 Å². The van der Waals surface area contributed by atoms with E-state index >= 15 is 0 Å². The summed E-state index contributed by atoms with van der Waals surface area (Å²) in [6.45, 7) is 1.68. The number of amides is 2. The van der Waals surface area contributed by atoms with Crippen LogP contribution in [0.1, 0.15) is 16.1 Å². The van der Waals surface area contributed by atoms with Crippen LogP contribution in [0.4, 0.5) is 10.7 Å². The second-order valence-corrected chi connectivity index (χ2v) is 7.59. The minimum Gasteiger partial charge on any atom is -0.481 e. The summed E-state index contributed by atoms with van der Waals surface area (Å²) >= 11 is 0. The van der Waals surface area contributed by atoms with E-state index in [1.807, 2.05) is 0 Å². The molecule has 1 aromatic carbocycles. The molecule has 1 aromatic heterocycles. The minimum atomic E-state index is -4.35. The van der Waals surface area contributed by atoms with Crippen LogP contribution >= 0.6 is 0 Å². The molecule has 11 heteroatoms. The number of aryl methyl sites for hydroxylation is 1. The van der Waals surface area contributed by atoms with E-state index in [1.54, 1.807) is 13.0 Å². The van der Waals surface area contributed by atoms with Crippen LogP contribution in [0.5, 0.6) is 5.88 Å². The Balaban J connectivity index is 2.42. The molecule has 2 amide bonds. The van der Waals surface area contributed by atoms with Crippen LogP contribution in [-0.2, 0) is 14.8 Å². The lowest BCUT2D eigenvalue weighted by Crippen LogP contribution is -2.43. The highest BCUT2D eigenvalue weighted by Gasteiger charge is 2.32. The van der Waals surface area contributed by atoms with Gasteiger partial charge in [0.25, 0.3) is 10.0 Å². The molecular formula is C17H20N4O6S. The highest BCUT2D eigenvalue weighted by molar-refractivity contribution is 7.89. The predicted octanol–water partition coefficient (Wildman–Crippen LogP) is 1.46. The van der Waals surface area contributed by atoms with Crippen LogP contribution in [-0.4, -0.2) is 63.0 Å². The Morgan fingerprint density at radius 2 is 1.71 bits per heavy atom. The zero-order valence-corrected chi connectivity index (χ0v) is 16.8. The summed E-state index contributed by atoms with van der Waals surface area (Å²) in [6.07, 6.45) is 0. The van der Waals surface area contributed by atoms with Crippen LogP contribution in [0, 0.1) is 6.92 Å². The van der Waals surface area contributed by atoms with Crippen molar-refractivity contribution in [2.24, 2.45) is 0 Å². The number of ether oxygens (including phenoxy) is 2. The first-order chi connectivity index (χ1) is 13.1. The summed E-state index contributed by atoms with van der Waals surface area (Å²) in [5.41, 5.74) is 0.351. The molecule has 0 atom stereocenters. The highest BCUT2D eigenvalue weighted by atomic mass is 32.2. The SMILES string of the molecule is COC(=O)c1ccccc1S(=O)(=O)N(C)C(=O)N(C)c1nc(C)cc(OC)n1. The molecule has 0 spiro atoms. The van der Waals surface area contributed by atoms with Crippen molar-refractivity contribution in [3.05, 3.63) is 41.6 Å². The molecular weight excluding hydrogens is 388 g/mol. The lowest BCUT2D eigenvalue weighted by molar-refractivity contribution is 0.0596. The second kappa shape index (κ2) is 8.21. The highest BCUT2D eigenvalue weighted by Crippen LogP contribution is 2.22. The fourth-order valence-corrected chi connectivity index (χ4v) is 3.60. The van der Waals surface area contributed by atoms with E-state index in [4.69, 9.17) is 4.74 Å². The number of urea groups is 1. The van der Waals surface area contributed by atoms with Gasteiger partial charge in [-0.2, -0.15) is 4.98 Å². The molecule has 10 nitrogen and oxygen atoms in total. The van der Waals surface area contributed by atoms with Gasteiger partial charge in [-0.1, -0.05) is 12.1 Å². The number of hydrogen-bond acceptors (Lipinski definition) is 8. The number of rotatable bonds is 5. The second-order valence-electron chi connectivity index (χ2n) is 5.65. The number of aromatic nitrogens is 2. The summed E-state index contributed by atoms with van der Waals surface area (Å²) in [6, 6.07) is 6.09. The molecule has 1 heterocycles. The van der Waals surface area contributed by atoms with Gasteiger partial charge in [-0.15, -0.1) is 0 Å². The molecule has 28 heavy (non-hydrogen) atoms. The number of hydrogen-bond donors (Lipinski definition) is 0. The molecule has 0 aliphatic carbocycles. The van der Waals surface area contributed by atoms with Gasteiger partial charge in [0.15, 0.2) is 0 Å². The van der Waals surface area contributed by atoms with E-state index in [1.165, 1.54) is 38.4 Å².